The molecule has 0 spiro atoms. The van der Waals surface area contributed by atoms with E-state index in [4.69, 9.17) is 0 Å². The molecule has 2 amide bonds. The number of piperazine rings is 1. The van der Waals surface area contributed by atoms with E-state index in [0.29, 0.717) is 12.8 Å². The highest BCUT2D eigenvalue weighted by atomic mass is 19.4. The number of benzene rings is 1. The number of anilines is 1. The molecule has 1 aliphatic heterocycles. The highest BCUT2D eigenvalue weighted by Crippen LogP contribution is 2.49. The van der Waals surface area contributed by atoms with Gasteiger partial charge in [-0.05, 0) is 25.0 Å². The van der Waals surface area contributed by atoms with Crippen LogP contribution in [0.3, 0.4) is 0 Å². The summed E-state index contributed by atoms with van der Waals surface area (Å²) in [6.45, 7) is 0.333. The Kier molecular flexibility index (Phi) is 5.48. The van der Waals surface area contributed by atoms with Crippen LogP contribution in [0, 0.1) is 17.0 Å². The summed E-state index contributed by atoms with van der Waals surface area (Å²) >= 11 is 0. The van der Waals surface area contributed by atoms with Crippen molar-refractivity contribution in [3.05, 3.63) is 29.8 Å². The number of urea groups is 1. The van der Waals surface area contributed by atoms with E-state index < -0.39 is 35.8 Å². The first kappa shape index (κ1) is 19.7. The second kappa shape index (κ2) is 7.52. The highest BCUT2D eigenvalue weighted by Gasteiger charge is 2.55. The van der Waals surface area contributed by atoms with E-state index in [9.17, 15) is 26.7 Å². The SMILES string of the molecule is O=C(NCC1(C(F)(F)F)CCCC1)N1CCN(c2c(F)cccc2F)CC1. The van der Waals surface area contributed by atoms with Crippen LogP contribution in [0.25, 0.3) is 0 Å². The molecule has 3 rings (SSSR count). The lowest BCUT2D eigenvalue weighted by molar-refractivity contribution is -0.219. The average Bonchev–Trinajstić information content (AvgIpc) is 3.10. The third kappa shape index (κ3) is 3.96. The lowest BCUT2D eigenvalue weighted by Gasteiger charge is -2.37. The van der Waals surface area contributed by atoms with E-state index in [1.807, 2.05) is 0 Å². The predicted molar refractivity (Wildman–Crippen MR) is 90.5 cm³/mol. The number of rotatable bonds is 3. The zero-order chi connectivity index (χ0) is 19.7. The number of nitrogens with zero attached hydrogens (tertiary/aromatic N) is 2. The molecule has 150 valence electrons. The van der Waals surface area contributed by atoms with Crippen LogP contribution in [0.4, 0.5) is 32.4 Å². The van der Waals surface area contributed by atoms with E-state index in [0.717, 1.165) is 12.1 Å². The number of nitrogens with one attached hydrogen (secondary N) is 1. The first-order chi connectivity index (χ1) is 12.7. The molecule has 1 heterocycles. The normalized spacial score (nSPS) is 20.0. The molecule has 0 unspecified atom stereocenters. The summed E-state index contributed by atoms with van der Waals surface area (Å²) in [5, 5.41) is 2.42. The van der Waals surface area contributed by atoms with Crippen molar-refractivity contribution in [3.63, 3.8) is 0 Å². The predicted octanol–water partition coefficient (Wildman–Crippen LogP) is 3.92. The number of halogens is 5. The molecule has 0 bridgehead atoms. The van der Waals surface area contributed by atoms with Gasteiger partial charge in [-0.15, -0.1) is 0 Å². The molecule has 1 aliphatic carbocycles. The van der Waals surface area contributed by atoms with Gasteiger partial charge in [-0.25, -0.2) is 13.6 Å². The van der Waals surface area contributed by atoms with E-state index in [1.54, 1.807) is 0 Å². The summed E-state index contributed by atoms with van der Waals surface area (Å²) in [6.07, 6.45) is -3.30. The molecule has 1 aromatic rings. The van der Waals surface area contributed by atoms with Crippen LogP contribution in [0.5, 0.6) is 0 Å². The van der Waals surface area contributed by atoms with Crippen LogP contribution >= 0.6 is 0 Å². The molecular formula is C18H22F5N3O. The van der Waals surface area contributed by atoms with Crippen LogP contribution in [-0.2, 0) is 0 Å². The molecule has 0 aromatic heterocycles. The fourth-order valence-electron chi connectivity index (χ4n) is 3.89. The lowest BCUT2D eigenvalue weighted by atomic mass is 9.85. The molecule has 1 N–H and O–H groups in total. The number of amides is 2. The molecule has 1 saturated heterocycles. The fraction of sp³-hybridized carbons (Fsp3) is 0.611. The smallest absolute Gasteiger partial charge is 0.363 e. The number of carbonyl (C=O) groups excluding carboxylic acids is 1. The third-order valence-electron chi connectivity index (χ3n) is 5.56. The topological polar surface area (TPSA) is 35.6 Å². The Morgan fingerprint density at radius 2 is 1.59 bits per heavy atom. The standard InChI is InChI=1S/C18H22F5N3O/c19-13-4-3-5-14(20)15(13)25-8-10-26(11-9-25)16(27)24-12-17(18(21,22)23)6-1-2-7-17/h3-5H,1-2,6-12H2,(H,24,27). The minimum absolute atomic E-state index is 0.0249. The van der Waals surface area contributed by atoms with Crippen molar-refractivity contribution in [2.75, 3.05) is 37.6 Å². The van der Waals surface area contributed by atoms with Gasteiger partial charge in [0.25, 0.3) is 0 Å². The van der Waals surface area contributed by atoms with Gasteiger partial charge in [0, 0.05) is 32.7 Å². The summed E-state index contributed by atoms with van der Waals surface area (Å²) in [5.41, 5.74) is -1.99. The summed E-state index contributed by atoms with van der Waals surface area (Å²) in [5.74, 6) is -1.36. The number of para-hydroxylation sites is 1. The Morgan fingerprint density at radius 3 is 2.11 bits per heavy atom. The van der Waals surface area contributed by atoms with Crippen LogP contribution < -0.4 is 10.2 Å². The quantitative estimate of drug-likeness (QED) is 0.793. The maximum atomic E-state index is 13.9. The Morgan fingerprint density at radius 1 is 1.04 bits per heavy atom. The molecule has 0 atom stereocenters. The van der Waals surface area contributed by atoms with Crippen molar-refractivity contribution < 1.29 is 26.7 Å². The zero-order valence-corrected chi connectivity index (χ0v) is 14.8. The van der Waals surface area contributed by atoms with E-state index in [-0.39, 0.29) is 44.7 Å². The maximum absolute atomic E-state index is 13.9. The van der Waals surface area contributed by atoms with Crippen LogP contribution in [0.1, 0.15) is 25.7 Å². The van der Waals surface area contributed by atoms with Crippen LogP contribution in [-0.4, -0.2) is 49.8 Å². The van der Waals surface area contributed by atoms with Gasteiger partial charge in [-0.2, -0.15) is 13.2 Å². The molecule has 9 heteroatoms. The maximum Gasteiger partial charge on any atom is 0.396 e. The van der Waals surface area contributed by atoms with E-state index >= 15 is 0 Å². The minimum atomic E-state index is -4.35. The van der Waals surface area contributed by atoms with Crippen molar-refractivity contribution in [1.29, 1.82) is 0 Å². The Hall–Kier alpha value is -2.06. The second-order valence-corrected chi connectivity index (χ2v) is 7.19. The Bertz CT molecular complexity index is 660. The Balaban J connectivity index is 1.56. The van der Waals surface area contributed by atoms with Gasteiger partial charge in [0.15, 0.2) is 0 Å². The number of alkyl halides is 3. The van der Waals surface area contributed by atoms with Gasteiger partial charge in [0.05, 0.1) is 5.41 Å². The monoisotopic (exact) mass is 391 g/mol. The lowest BCUT2D eigenvalue weighted by Crippen LogP contribution is -2.54. The van der Waals surface area contributed by atoms with Gasteiger partial charge in [0.2, 0.25) is 0 Å². The minimum Gasteiger partial charge on any atom is -0.363 e. The zero-order valence-electron chi connectivity index (χ0n) is 14.8. The molecule has 0 radical (unpaired) electrons. The van der Waals surface area contributed by atoms with Gasteiger partial charge in [0.1, 0.15) is 17.3 Å². The van der Waals surface area contributed by atoms with Crippen molar-refractivity contribution in [3.8, 4) is 0 Å². The summed E-state index contributed by atoms with van der Waals surface area (Å²) in [7, 11) is 0. The molecule has 1 saturated carbocycles. The van der Waals surface area contributed by atoms with Gasteiger partial charge >= 0.3 is 12.2 Å². The van der Waals surface area contributed by atoms with Crippen LogP contribution in [0.2, 0.25) is 0 Å². The van der Waals surface area contributed by atoms with Gasteiger partial charge in [-0.3, -0.25) is 0 Å². The largest absolute Gasteiger partial charge is 0.396 e. The summed E-state index contributed by atoms with van der Waals surface area (Å²) in [6, 6.07) is 3.03. The van der Waals surface area contributed by atoms with Gasteiger partial charge < -0.3 is 15.1 Å². The number of hydrogen-bond acceptors (Lipinski definition) is 2. The first-order valence-corrected chi connectivity index (χ1v) is 9.02. The third-order valence-corrected chi connectivity index (χ3v) is 5.56. The first-order valence-electron chi connectivity index (χ1n) is 9.02. The fourth-order valence-corrected chi connectivity index (χ4v) is 3.89. The van der Waals surface area contributed by atoms with Crippen molar-refractivity contribution in [1.82, 2.24) is 10.2 Å². The van der Waals surface area contributed by atoms with Crippen molar-refractivity contribution in [2.24, 2.45) is 5.41 Å². The molecule has 2 aliphatic rings. The molecule has 4 nitrogen and oxygen atoms in total. The van der Waals surface area contributed by atoms with E-state index in [1.165, 1.54) is 15.9 Å². The molecule has 1 aromatic carbocycles. The van der Waals surface area contributed by atoms with Crippen molar-refractivity contribution in [2.45, 2.75) is 31.9 Å². The van der Waals surface area contributed by atoms with Gasteiger partial charge in [-0.1, -0.05) is 18.9 Å². The number of hydrogen-bond donors (Lipinski definition) is 1. The summed E-state index contributed by atoms with van der Waals surface area (Å²) in [4.78, 5) is 15.2. The Labute approximate surface area is 154 Å². The molecular weight excluding hydrogens is 369 g/mol. The van der Waals surface area contributed by atoms with E-state index in [2.05, 4.69) is 5.32 Å². The summed E-state index contributed by atoms with van der Waals surface area (Å²) < 4.78 is 67.9. The van der Waals surface area contributed by atoms with Crippen molar-refractivity contribution >= 4 is 11.7 Å². The van der Waals surface area contributed by atoms with Crippen LogP contribution in [0.15, 0.2) is 18.2 Å². The molecule has 27 heavy (non-hydrogen) atoms. The average molecular weight is 391 g/mol. The number of carbonyl (C=O) groups is 1. The molecule has 2 fully saturated rings. The second-order valence-electron chi connectivity index (χ2n) is 7.19. The highest BCUT2D eigenvalue weighted by molar-refractivity contribution is 5.74.